The second-order valence-corrected chi connectivity index (χ2v) is 9.80. The van der Waals surface area contributed by atoms with Gasteiger partial charge in [0, 0.05) is 5.56 Å². The van der Waals surface area contributed by atoms with E-state index in [9.17, 15) is 4.79 Å². The minimum absolute atomic E-state index is 0.0395. The van der Waals surface area contributed by atoms with Crippen LogP contribution in [0.3, 0.4) is 0 Å². The van der Waals surface area contributed by atoms with E-state index in [4.69, 9.17) is 15.5 Å². The van der Waals surface area contributed by atoms with Crippen molar-refractivity contribution >= 4 is 27.8 Å². The number of anilines is 1. The highest BCUT2D eigenvalue weighted by molar-refractivity contribution is 5.98. The molecule has 0 unspecified atom stereocenters. The molecule has 0 aliphatic rings. The molecule has 0 saturated heterocycles. The third kappa shape index (κ3) is 4.35. The summed E-state index contributed by atoms with van der Waals surface area (Å²) in [7, 11) is 0. The highest BCUT2D eigenvalue weighted by Crippen LogP contribution is 2.37. The summed E-state index contributed by atoms with van der Waals surface area (Å²) in [5, 5.41) is 5.36. The largest absolute Gasteiger partial charge is 0.488 e. The molecule has 0 amide bonds. The van der Waals surface area contributed by atoms with E-state index in [2.05, 4.69) is 15.1 Å². The number of ether oxygens (including phenoxy) is 1. The summed E-state index contributed by atoms with van der Waals surface area (Å²) in [6, 6.07) is 18.2. The van der Waals surface area contributed by atoms with E-state index in [0.717, 1.165) is 0 Å². The maximum Gasteiger partial charge on any atom is 0.266 e. The van der Waals surface area contributed by atoms with Crippen molar-refractivity contribution in [1.82, 2.24) is 29.3 Å². The molecule has 0 bridgehead atoms. The SMILES string of the molecule is CC(C)Oc1ccc(-c2nn([C@@H](C)c3nc4ccccc4c(=O)n3-c3ccccc3)c3ncnc(N)c23)c(F)c1F. The summed E-state index contributed by atoms with van der Waals surface area (Å²) in [5.74, 6) is -2.10. The first-order valence-corrected chi connectivity index (χ1v) is 13.0. The molecule has 0 saturated carbocycles. The average Bonchev–Trinajstić information content (AvgIpc) is 3.36. The van der Waals surface area contributed by atoms with E-state index in [1.54, 1.807) is 57.2 Å². The first-order chi connectivity index (χ1) is 19.8. The van der Waals surface area contributed by atoms with E-state index in [0.29, 0.717) is 22.4 Å². The van der Waals surface area contributed by atoms with Crippen molar-refractivity contribution in [2.45, 2.75) is 32.9 Å². The van der Waals surface area contributed by atoms with Crippen LogP contribution in [0.25, 0.3) is 38.9 Å². The molecule has 9 nitrogen and oxygen atoms in total. The maximum atomic E-state index is 15.5. The Kier molecular flexibility index (Phi) is 6.41. The number of hydrogen-bond acceptors (Lipinski definition) is 7. The van der Waals surface area contributed by atoms with Gasteiger partial charge in [-0.15, -0.1) is 0 Å². The lowest BCUT2D eigenvalue weighted by molar-refractivity contribution is 0.228. The Morgan fingerprint density at radius 2 is 1.63 bits per heavy atom. The third-order valence-corrected chi connectivity index (χ3v) is 6.74. The number of nitrogen functional groups attached to an aromatic ring is 1. The van der Waals surface area contributed by atoms with Crippen LogP contribution in [0, 0.1) is 11.6 Å². The molecule has 0 spiro atoms. The minimum atomic E-state index is -1.14. The van der Waals surface area contributed by atoms with Crippen molar-refractivity contribution in [1.29, 1.82) is 0 Å². The smallest absolute Gasteiger partial charge is 0.266 e. The van der Waals surface area contributed by atoms with Gasteiger partial charge in [-0.3, -0.25) is 9.36 Å². The van der Waals surface area contributed by atoms with Crippen molar-refractivity contribution < 1.29 is 13.5 Å². The number of rotatable bonds is 6. The van der Waals surface area contributed by atoms with Crippen LogP contribution in [-0.4, -0.2) is 35.4 Å². The fraction of sp³-hybridized carbons (Fsp3) is 0.167. The van der Waals surface area contributed by atoms with Crippen LogP contribution in [0.1, 0.15) is 32.6 Å². The van der Waals surface area contributed by atoms with Crippen molar-refractivity contribution in [3.63, 3.8) is 0 Å². The monoisotopic (exact) mass is 553 g/mol. The summed E-state index contributed by atoms with van der Waals surface area (Å²) < 4.78 is 38.9. The van der Waals surface area contributed by atoms with Gasteiger partial charge >= 0.3 is 0 Å². The topological polar surface area (TPSA) is 114 Å². The van der Waals surface area contributed by atoms with Gasteiger partial charge in [0.1, 0.15) is 29.7 Å². The van der Waals surface area contributed by atoms with Gasteiger partial charge in [0.15, 0.2) is 17.2 Å². The predicted octanol–water partition coefficient (Wildman–Crippen LogP) is 5.45. The average molecular weight is 554 g/mol. The summed E-state index contributed by atoms with van der Waals surface area (Å²) in [6.07, 6.45) is 0.914. The van der Waals surface area contributed by atoms with Gasteiger partial charge in [0.2, 0.25) is 5.82 Å². The molecule has 0 fully saturated rings. The van der Waals surface area contributed by atoms with E-state index in [1.807, 2.05) is 18.2 Å². The molecule has 0 radical (unpaired) electrons. The van der Waals surface area contributed by atoms with E-state index < -0.39 is 17.7 Å². The zero-order valence-corrected chi connectivity index (χ0v) is 22.4. The second kappa shape index (κ2) is 10.1. The summed E-state index contributed by atoms with van der Waals surface area (Å²) >= 11 is 0. The minimum Gasteiger partial charge on any atom is -0.488 e. The maximum absolute atomic E-state index is 15.5. The first kappa shape index (κ1) is 26.1. The zero-order chi connectivity index (χ0) is 28.8. The number of aromatic nitrogens is 6. The van der Waals surface area contributed by atoms with Crippen LogP contribution >= 0.6 is 0 Å². The number of para-hydroxylation sites is 2. The molecule has 1 atom stereocenters. The molecule has 3 heterocycles. The number of nitrogens with two attached hydrogens (primary N) is 1. The van der Waals surface area contributed by atoms with Crippen molar-refractivity contribution in [2.24, 2.45) is 0 Å². The number of halogens is 2. The Morgan fingerprint density at radius 3 is 2.39 bits per heavy atom. The second-order valence-electron chi connectivity index (χ2n) is 9.80. The lowest BCUT2D eigenvalue weighted by atomic mass is 10.1. The van der Waals surface area contributed by atoms with Crippen LogP contribution in [0.2, 0.25) is 0 Å². The molecule has 0 aliphatic carbocycles. The van der Waals surface area contributed by atoms with Crippen LogP contribution in [0.15, 0.2) is 77.9 Å². The Bertz CT molecular complexity index is 1990. The van der Waals surface area contributed by atoms with Gasteiger partial charge in [-0.2, -0.15) is 9.49 Å². The third-order valence-electron chi connectivity index (χ3n) is 6.74. The fourth-order valence-corrected chi connectivity index (χ4v) is 4.88. The van der Waals surface area contributed by atoms with Crippen LogP contribution in [0.5, 0.6) is 5.75 Å². The summed E-state index contributed by atoms with van der Waals surface area (Å²) in [5.41, 5.74) is 7.27. The van der Waals surface area contributed by atoms with Gasteiger partial charge < -0.3 is 10.5 Å². The lowest BCUT2D eigenvalue weighted by Gasteiger charge is -2.19. The van der Waals surface area contributed by atoms with Crippen LogP contribution in [-0.2, 0) is 0 Å². The van der Waals surface area contributed by atoms with Gasteiger partial charge in [0.25, 0.3) is 5.56 Å². The molecule has 206 valence electrons. The van der Waals surface area contributed by atoms with Gasteiger partial charge in [-0.25, -0.2) is 24.0 Å². The molecule has 6 aromatic rings. The first-order valence-electron chi connectivity index (χ1n) is 13.0. The van der Waals surface area contributed by atoms with E-state index >= 15 is 8.78 Å². The lowest BCUT2D eigenvalue weighted by Crippen LogP contribution is -2.27. The number of hydrogen-bond donors (Lipinski definition) is 1. The molecule has 2 N–H and O–H groups in total. The number of fused-ring (bicyclic) bond motifs is 2. The fourth-order valence-electron chi connectivity index (χ4n) is 4.88. The summed E-state index contributed by atoms with van der Waals surface area (Å²) in [6.45, 7) is 5.23. The molecule has 6 rings (SSSR count). The highest BCUT2D eigenvalue weighted by Gasteiger charge is 2.27. The zero-order valence-electron chi connectivity index (χ0n) is 22.4. The quantitative estimate of drug-likeness (QED) is 0.292. The van der Waals surface area contributed by atoms with Crippen molar-refractivity contribution in [2.75, 3.05) is 5.73 Å². The van der Waals surface area contributed by atoms with E-state index in [-0.39, 0.29) is 45.5 Å². The molecular weight excluding hydrogens is 528 g/mol. The number of nitrogens with zero attached hydrogens (tertiary/aromatic N) is 6. The molecule has 41 heavy (non-hydrogen) atoms. The highest BCUT2D eigenvalue weighted by atomic mass is 19.2. The van der Waals surface area contributed by atoms with Crippen LogP contribution < -0.4 is 16.0 Å². The molecule has 11 heteroatoms. The van der Waals surface area contributed by atoms with E-state index in [1.165, 1.54) is 27.7 Å². The van der Waals surface area contributed by atoms with Gasteiger partial charge in [-0.1, -0.05) is 30.3 Å². The van der Waals surface area contributed by atoms with Crippen molar-refractivity contribution in [3.05, 3.63) is 101 Å². The summed E-state index contributed by atoms with van der Waals surface area (Å²) in [4.78, 5) is 27.1. The van der Waals surface area contributed by atoms with Gasteiger partial charge in [-0.05, 0) is 57.2 Å². The van der Waals surface area contributed by atoms with Crippen molar-refractivity contribution in [3.8, 4) is 22.7 Å². The Balaban J connectivity index is 1.60. The molecule has 3 aromatic heterocycles. The molecule has 3 aromatic carbocycles. The standard InChI is InChI=1S/C30H25F2N7O2/c1-16(2)41-22-14-13-20(24(31)25(22)32)26-23-27(33)34-15-35-29(23)39(37-26)17(3)28-36-21-12-8-7-11-19(21)30(40)38(28)18-9-5-4-6-10-18/h4-17H,1-3H3,(H2,33,34,35)/t17-/m0/s1. The normalized spacial score (nSPS) is 12.3. The number of benzene rings is 3. The molecular formula is C30H25F2N7O2. The Morgan fingerprint density at radius 1 is 0.902 bits per heavy atom. The molecule has 0 aliphatic heterocycles. The Hall–Kier alpha value is -5.19. The Labute approximate surface area is 232 Å². The predicted molar refractivity (Wildman–Crippen MR) is 152 cm³/mol. The van der Waals surface area contributed by atoms with Gasteiger partial charge in [0.05, 0.1) is 28.1 Å². The van der Waals surface area contributed by atoms with Crippen LogP contribution in [0.4, 0.5) is 14.6 Å².